The first-order valence-electron chi connectivity index (χ1n) is 0. The van der Waals surface area contributed by atoms with E-state index in [2.05, 4.69) is 0 Å². The largest absolute Gasteiger partial charge is 4.00 e. The van der Waals surface area contributed by atoms with Crippen LogP contribution in [0.4, 0.5) is 0 Å². The van der Waals surface area contributed by atoms with Crippen LogP contribution in [0.15, 0.2) is 0 Å². The van der Waals surface area contributed by atoms with Crippen molar-refractivity contribution in [2.24, 2.45) is 0 Å². The van der Waals surface area contributed by atoms with Crippen LogP contribution in [0.2, 0.25) is 0 Å². The van der Waals surface area contributed by atoms with Gasteiger partial charge in [-0.3, -0.25) is 0 Å². The minimum absolute atomic E-state index is 0. The molecule has 0 fully saturated rings. The predicted molar refractivity (Wildman–Crippen MR) is 6.44 cm³/mol. The van der Waals surface area contributed by atoms with Gasteiger partial charge < -0.3 is 5.48 Å². The van der Waals surface area contributed by atoms with E-state index in [9.17, 15) is 0 Å². The standard InChI is InChI=1S/Ca.O.Ti.V/q+2;-2;+4;. The predicted octanol–water partition coefficient (Wildman–Crippen LogP) is -0.505. The molecule has 0 N–H and O–H groups in total. The summed E-state index contributed by atoms with van der Waals surface area (Å²) in [5.41, 5.74) is 0. The van der Waals surface area contributed by atoms with E-state index in [0.717, 1.165) is 0 Å². The van der Waals surface area contributed by atoms with Crippen LogP contribution in [-0.2, 0) is 45.7 Å². The third-order valence-electron chi connectivity index (χ3n) is 0. The van der Waals surface area contributed by atoms with E-state index in [1.165, 1.54) is 0 Å². The summed E-state index contributed by atoms with van der Waals surface area (Å²) in [6, 6.07) is 0. The molecule has 0 aliphatic rings. The van der Waals surface area contributed by atoms with Gasteiger partial charge in [0.05, 0.1) is 0 Å². The maximum absolute atomic E-state index is 0. The monoisotopic (exact) mass is 155 g/mol. The number of hydrogen-bond acceptors (Lipinski definition) is 0. The molecular formula is CaOTiV+4. The fourth-order valence-electron chi connectivity index (χ4n) is 0. The second kappa shape index (κ2) is 17.8. The zero-order valence-corrected chi connectivity index (χ0v) is 7.23. The first-order chi connectivity index (χ1) is 0. The van der Waals surface area contributed by atoms with Crippen molar-refractivity contribution in [2.45, 2.75) is 0 Å². The second-order valence-corrected chi connectivity index (χ2v) is 0. The van der Waals surface area contributed by atoms with Crippen molar-refractivity contribution in [1.82, 2.24) is 0 Å². The number of hydrogen-bond donors (Lipinski definition) is 0. The molecule has 0 aliphatic carbocycles. The maximum Gasteiger partial charge on any atom is 4.00 e. The van der Waals surface area contributed by atoms with Crippen molar-refractivity contribution < 1.29 is 45.7 Å². The summed E-state index contributed by atoms with van der Waals surface area (Å²) in [5.74, 6) is 0. The smallest absolute Gasteiger partial charge is 2.00 e. The van der Waals surface area contributed by atoms with Crippen LogP contribution >= 0.6 is 0 Å². The molecule has 0 aromatic heterocycles. The van der Waals surface area contributed by atoms with Gasteiger partial charge in [-0.05, 0) is 0 Å². The van der Waals surface area contributed by atoms with Gasteiger partial charge in [0, 0.05) is 18.6 Å². The van der Waals surface area contributed by atoms with Gasteiger partial charge in [0.1, 0.15) is 0 Å². The molecule has 0 aliphatic heterocycles. The average molecular weight is 155 g/mol. The van der Waals surface area contributed by atoms with Gasteiger partial charge in [-0.1, -0.05) is 0 Å². The van der Waals surface area contributed by atoms with Crippen LogP contribution in [0.25, 0.3) is 0 Å². The average Bonchev–Trinajstić information content (AvgIpc) is 0. The Morgan fingerprint density at radius 2 is 1.00 bits per heavy atom. The molecule has 1 nitrogen and oxygen atoms in total. The first kappa shape index (κ1) is 31.3. The second-order valence-electron chi connectivity index (χ2n) is 0. The Morgan fingerprint density at radius 3 is 1.00 bits per heavy atom. The topological polar surface area (TPSA) is 28.5 Å². The minimum Gasteiger partial charge on any atom is -2.00 e. The van der Waals surface area contributed by atoms with Gasteiger partial charge >= 0.3 is 59.5 Å². The van der Waals surface area contributed by atoms with Crippen LogP contribution in [0.5, 0.6) is 0 Å². The molecule has 0 atom stereocenters. The van der Waals surface area contributed by atoms with Crippen LogP contribution in [-0.4, -0.2) is 37.7 Å². The Kier molecular flexibility index (Phi) is 139. The molecule has 1 radical (unpaired) electrons. The Hall–Kier alpha value is 2.52. The maximum atomic E-state index is 0. The Bertz CT molecular complexity index is 8.00. The van der Waals surface area contributed by atoms with Gasteiger partial charge in [0.15, 0.2) is 0 Å². The fraction of sp³-hybridized carbons (Fsp3) is 0. The van der Waals surface area contributed by atoms with Crippen LogP contribution in [0.3, 0.4) is 0 Å². The molecule has 0 aromatic rings. The van der Waals surface area contributed by atoms with Gasteiger partial charge in [0.2, 0.25) is 0 Å². The molecule has 0 unspecified atom stereocenters. The minimum atomic E-state index is 0. The van der Waals surface area contributed by atoms with E-state index < -0.39 is 0 Å². The summed E-state index contributed by atoms with van der Waals surface area (Å²) >= 11 is 0. The van der Waals surface area contributed by atoms with Crippen LogP contribution in [0, 0.1) is 0 Å². The van der Waals surface area contributed by atoms with Crippen molar-refractivity contribution in [1.29, 1.82) is 0 Å². The SMILES string of the molecule is [Ca+2].[O-2].[Ti+4].[V]. The van der Waals surface area contributed by atoms with E-state index >= 15 is 0 Å². The normalized spacial score (nSPS) is 0. The summed E-state index contributed by atoms with van der Waals surface area (Å²) in [6.07, 6.45) is 0. The molecule has 0 bridgehead atoms. The van der Waals surface area contributed by atoms with Crippen molar-refractivity contribution in [3.8, 4) is 0 Å². The summed E-state index contributed by atoms with van der Waals surface area (Å²) < 4.78 is 0. The molecule has 0 heterocycles. The molecule has 0 saturated carbocycles. The molecule has 0 aromatic carbocycles. The molecule has 4 heavy (non-hydrogen) atoms. The third kappa shape index (κ3) is 8.82. The molecule has 0 amide bonds. The van der Waals surface area contributed by atoms with E-state index in [-0.39, 0.29) is 83.5 Å². The Morgan fingerprint density at radius 1 is 1.00 bits per heavy atom. The Labute approximate surface area is 82.0 Å². The van der Waals surface area contributed by atoms with Gasteiger partial charge in [-0.15, -0.1) is 0 Å². The van der Waals surface area contributed by atoms with Crippen LogP contribution in [0.1, 0.15) is 0 Å². The van der Waals surface area contributed by atoms with Gasteiger partial charge in [-0.2, -0.15) is 0 Å². The van der Waals surface area contributed by atoms with Crippen molar-refractivity contribution in [2.75, 3.05) is 0 Å². The summed E-state index contributed by atoms with van der Waals surface area (Å²) in [7, 11) is 0. The zero-order chi connectivity index (χ0) is 0. The zero-order valence-electron chi connectivity index (χ0n) is 2.06. The summed E-state index contributed by atoms with van der Waals surface area (Å²) in [6.45, 7) is 0. The first-order valence-corrected chi connectivity index (χ1v) is 0. The van der Waals surface area contributed by atoms with E-state index in [0.29, 0.717) is 0 Å². The molecule has 13 valence electrons. The molecular weight excluding hydrogens is 155 g/mol. The quantitative estimate of drug-likeness (QED) is 0.421. The summed E-state index contributed by atoms with van der Waals surface area (Å²) in [5, 5.41) is 0. The Balaban J connectivity index is 0. The van der Waals surface area contributed by atoms with E-state index in [1.807, 2.05) is 0 Å². The van der Waals surface area contributed by atoms with Crippen molar-refractivity contribution in [3.05, 3.63) is 0 Å². The fourth-order valence-corrected chi connectivity index (χ4v) is 0. The van der Waals surface area contributed by atoms with E-state index in [4.69, 9.17) is 0 Å². The molecule has 0 spiro atoms. The number of rotatable bonds is 0. The van der Waals surface area contributed by atoms with Crippen LogP contribution < -0.4 is 0 Å². The third-order valence-corrected chi connectivity index (χ3v) is 0. The summed E-state index contributed by atoms with van der Waals surface area (Å²) in [4.78, 5) is 0. The van der Waals surface area contributed by atoms with Gasteiger partial charge in [0.25, 0.3) is 0 Å². The molecule has 0 rings (SSSR count). The van der Waals surface area contributed by atoms with E-state index in [1.54, 1.807) is 0 Å². The molecule has 0 saturated heterocycles. The molecule has 4 heteroatoms. The van der Waals surface area contributed by atoms with Crippen molar-refractivity contribution in [3.63, 3.8) is 0 Å². The van der Waals surface area contributed by atoms with Gasteiger partial charge in [-0.25, -0.2) is 0 Å². The van der Waals surface area contributed by atoms with Crippen molar-refractivity contribution >= 4 is 37.7 Å².